The summed E-state index contributed by atoms with van der Waals surface area (Å²) < 4.78 is 0. The summed E-state index contributed by atoms with van der Waals surface area (Å²) >= 11 is 0. The lowest BCUT2D eigenvalue weighted by atomic mass is 10.0. The SMILES string of the molecule is CCN(CC(O)c1ccc(C)cc1)C(=O)C1CCCC1N.Cl. The van der Waals surface area contributed by atoms with E-state index in [4.69, 9.17) is 5.73 Å². The average molecular weight is 327 g/mol. The van der Waals surface area contributed by atoms with Crippen LogP contribution in [0.2, 0.25) is 0 Å². The maximum atomic E-state index is 12.5. The third-order valence-corrected chi connectivity index (χ3v) is 4.44. The highest BCUT2D eigenvalue weighted by Gasteiger charge is 2.33. The van der Waals surface area contributed by atoms with Crippen LogP contribution in [0.4, 0.5) is 0 Å². The zero-order valence-electron chi connectivity index (χ0n) is 13.4. The van der Waals surface area contributed by atoms with Crippen LogP contribution in [0.1, 0.15) is 43.4 Å². The second-order valence-electron chi connectivity index (χ2n) is 6.00. The fourth-order valence-corrected chi connectivity index (χ4v) is 3.01. The van der Waals surface area contributed by atoms with Crippen LogP contribution in [0, 0.1) is 12.8 Å². The monoisotopic (exact) mass is 326 g/mol. The zero-order chi connectivity index (χ0) is 15.4. The molecule has 1 amide bonds. The van der Waals surface area contributed by atoms with Gasteiger partial charge in [-0.25, -0.2) is 0 Å². The number of likely N-dealkylation sites (N-methyl/N-ethyl adjacent to an activating group) is 1. The molecule has 124 valence electrons. The van der Waals surface area contributed by atoms with Gasteiger partial charge in [-0.15, -0.1) is 12.4 Å². The number of hydrogen-bond acceptors (Lipinski definition) is 3. The van der Waals surface area contributed by atoms with Crippen molar-refractivity contribution in [2.75, 3.05) is 13.1 Å². The number of carbonyl (C=O) groups is 1. The van der Waals surface area contributed by atoms with Crippen LogP contribution in [-0.2, 0) is 4.79 Å². The minimum atomic E-state index is -0.646. The van der Waals surface area contributed by atoms with Gasteiger partial charge < -0.3 is 15.7 Å². The second-order valence-corrected chi connectivity index (χ2v) is 6.00. The van der Waals surface area contributed by atoms with E-state index in [0.29, 0.717) is 13.1 Å². The molecule has 2 rings (SSSR count). The van der Waals surface area contributed by atoms with Gasteiger partial charge in [0.05, 0.1) is 18.6 Å². The van der Waals surface area contributed by atoms with Crippen molar-refractivity contribution in [3.05, 3.63) is 35.4 Å². The van der Waals surface area contributed by atoms with Crippen LogP contribution in [0.5, 0.6) is 0 Å². The van der Waals surface area contributed by atoms with Crippen LogP contribution in [-0.4, -0.2) is 35.0 Å². The summed E-state index contributed by atoms with van der Waals surface area (Å²) in [6.07, 6.45) is 2.17. The summed E-state index contributed by atoms with van der Waals surface area (Å²) in [5.41, 5.74) is 8.03. The van der Waals surface area contributed by atoms with Gasteiger partial charge in [0, 0.05) is 12.6 Å². The van der Waals surface area contributed by atoms with Crippen molar-refractivity contribution in [3.63, 3.8) is 0 Å². The number of nitrogens with zero attached hydrogens (tertiary/aromatic N) is 1. The summed E-state index contributed by atoms with van der Waals surface area (Å²) in [6, 6.07) is 7.76. The molecule has 22 heavy (non-hydrogen) atoms. The van der Waals surface area contributed by atoms with Gasteiger partial charge in [-0.2, -0.15) is 0 Å². The third-order valence-electron chi connectivity index (χ3n) is 4.44. The number of amides is 1. The maximum Gasteiger partial charge on any atom is 0.227 e. The Bertz CT molecular complexity index is 478. The average Bonchev–Trinajstić information content (AvgIpc) is 2.90. The largest absolute Gasteiger partial charge is 0.387 e. The number of hydrogen-bond donors (Lipinski definition) is 2. The molecule has 4 nitrogen and oxygen atoms in total. The van der Waals surface area contributed by atoms with E-state index in [1.807, 2.05) is 38.1 Å². The number of nitrogens with two attached hydrogens (primary N) is 1. The smallest absolute Gasteiger partial charge is 0.227 e. The molecule has 1 aromatic rings. The van der Waals surface area contributed by atoms with Gasteiger partial charge in [-0.05, 0) is 32.3 Å². The molecule has 0 aromatic heterocycles. The Morgan fingerprint density at radius 2 is 2.00 bits per heavy atom. The van der Waals surface area contributed by atoms with E-state index in [-0.39, 0.29) is 30.3 Å². The third kappa shape index (κ3) is 4.45. The first kappa shape index (κ1) is 18.9. The highest BCUT2D eigenvalue weighted by Crippen LogP contribution is 2.26. The zero-order valence-corrected chi connectivity index (χ0v) is 14.2. The van der Waals surface area contributed by atoms with E-state index in [9.17, 15) is 9.90 Å². The van der Waals surface area contributed by atoms with Gasteiger partial charge in [-0.3, -0.25) is 4.79 Å². The highest BCUT2D eigenvalue weighted by molar-refractivity contribution is 5.85. The summed E-state index contributed by atoms with van der Waals surface area (Å²) in [7, 11) is 0. The van der Waals surface area contributed by atoms with E-state index < -0.39 is 6.10 Å². The molecule has 1 aliphatic rings. The minimum Gasteiger partial charge on any atom is -0.387 e. The van der Waals surface area contributed by atoms with Gasteiger partial charge in [0.2, 0.25) is 5.91 Å². The van der Waals surface area contributed by atoms with Crippen LogP contribution in [0.15, 0.2) is 24.3 Å². The molecule has 0 saturated heterocycles. The molecule has 0 heterocycles. The van der Waals surface area contributed by atoms with Crippen molar-refractivity contribution in [3.8, 4) is 0 Å². The van der Waals surface area contributed by atoms with Crippen molar-refractivity contribution in [1.29, 1.82) is 0 Å². The molecule has 3 N–H and O–H groups in total. The molecule has 1 aromatic carbocycles. The van der Waals surface area contributed by atoms with Gasteiger partial charge in [0.15, 0.2) is 0 Å². The van der Waals surface area contributed by atoms with Gasteiger partial charge in [0.25, 0.3) is 0 Å². The number of aryl methyl sites for hydroxylation is 1. The van der Waals surface area contributed by atoms with Crippen LogP contribution >= 0.6 is 12.4 Å². The molecular formula is C17H27ClN2O2. The molecule has 1 aliphatic carbocycles. The summed E-state index contributed by atoms with van der Waals surface area (Å²) in [4.78, 5) is 14.3. The van der Waals surface area contributed by atoms with Crippen molar-refractivity contribution in [2.45, 2.75) is 45.3 Å². The molecule has 0 aliphatic heterocycles. The molecule has 1 saturated carbocycles. The first-order valence-corrected chi connectivity index (χ1v) is 7.82. The molecular weight excluding hydrogens is 300 g/mol. The Balaban J connectivity index is 0.00000242. The predicted molar refractivity (Wildman–Crippen MR) is 91.0 cm³/mol. The number of aliphatic hydroxyl groups excluding tert-OH is 1. The van der Waals surface area contributed by atoms with E-state index in [1.54, 1.807) is 4.90 Å². The molecule has 1 fully saturated rings. The highest BCUT2D eigenvalue weighted by atomic mass is 35.5. The van der Waals surface area contributed by atoms with E-state index in [2.05, 4.69) is 0 Å². The Morgan fingerprint density at radius 3 is 2.50 bits per heavy atom. The van der Waals surface area contributed by atoms with Crippen LogP contribution < -0.4 is 5.73 Å². The molecule has 5 heteroatoms. The number of halogens is 1. The van der Waals surface area contributed by atoms with E-state index >= 15 is 0 Å². The predicted octanol–water partition coefficient (Wildman–Crippen LogP) is 2.43. The fourth-order valence-electron chi connectivity index (χ4n) is 3.01. The van der Waals surface area contributed by atoms with Crippen molar-refractivity contribution in [2.24, 2.45) is 11.7 Å². The van der Waals surface area contributed by atoms with Crippen LogP contribution in [0.3, 0.4) is 0 Å². The summed E-state index contributed by atoms with van der Waals surface area (Å²) in [5, 5.41) is 10.3. The summed E-state index contributed by atoms with van der Waals surface area (Å²) in [6.45, 7) is 4.90. The Labute approximate surface area is 139 Å². The molecule has 3 atom stereocenters. The van der Waals surface area contributed by atoms with Crippen LogP contribution in [0.25, 0.3) is 0 Å². The fraction of sp³-hybridized carbons (Fsp3) is 0.588. The van der Waals surface area contributed by atoms with Crippen molar-refractivity contribution in [1.82, 2.24) is 4.90 Å². The van der Waals surface area contributed by atoms with Crippen molar-refractivity contribution >= 4 is 18.3 Å². The normalized spacial score (nSPS) is 22.0. The Hall–Kier alpha value is -1.10. The van der Waals surface area contributed by atoms with E-state index in [0.717, 1.165) is 30.4 Å². The number of carbonyl (C=O) groups excluding carboxylic acids is 1. The molecule has 0 radical (unpaired) electrons. The number of rotatable bonds is 5. The maximum absolute atomic E-state index is 12.5. The number of aliphatic hydroxyl groups is 1. The van der Waals surface area contributed by atoms with Gasteiger partial charge >= 0.3 is 0 Å². The Kier molecular flexibility index (Phi) is 7.33. The topological polar surface area (TPSA) is 66.6 Å². The Morgan fingerprint density at radius 1 is 1.36 bits per heavy atom. The van der Waals surface area contributed by atoms with Gasteiger partial charge in [-0.1, -0.05) is 36.2 Å². The first-order chi connectivity index (χ1) is 10.0. The van der Waals surface area contributed by atoms with E-state index in [1.165, 1.54) is 0 Å². The first-order valence-electron chi connectivity index (χ1n) is 7.82. The number of benzene rings is 1. The summed E-state index contributed by atoms with van der Waals surface area (Å²) in [5.74, 6) is 0.0174. The standard InChI is InChI=1S/C17H26N2O2.ClH/c1-3-19(17(21)14-5-4-6-15(14)18)11-16(20)13-9-7-12(2)8-10-13;/h7-10,14-16,20H,3-6,11,18H2,1-2H3;1H. The molecule has 0 spiro atoms. The lowest BCUT2D eigenvalue weighted by molar-refractivity contribution is -0.137. The molecule has 0 bridgehead atoms. The lowest BCUT2D eigenvalue weighted by Gasteiger charge is -2.28. The lowest BCUT2D eigenvalue weighted by Crippen LogP contribution is -2.43. The van der Waals surface area contributed by atoms with Gasteiger partial charge in [0.1, 0.15) is 0 Å². The molecule has 3 unspecified atom stereocenters. The quantitative estimate of drug-likeness (QED) is 0.873. The minimum absolute atomic E-state index is 0. The van der Waals surface area contributed by atoms with Crippen molar-refractivity contribution < 1.29 is 9.90 Å². The second kappa shape index (κ2) is 8.51.